The number of carbonyl (C=O) groups excluding carboxylic acids is 1. The number of unbranched alkanes of at least 4 members (excludes halogenated alkanes) is 1. The van der Waals surface area contributed by atoms with Gasteiger partial charge in [-0.2, -0.15) is 0 Å². The SMILES string of the molecule is CCCCNC(=O)NS(=O)(=O)c1cccc(CC)c1CC. The van der Waals surface area contributed by atoms with Gasteiger partial charge in [-0.05, 0) is 36.5 Å². The molecule has 0 aliphatic heterocycles. The highest BCUT2D eigenvalue weighted by molar-refractivity contribution is 7.90. The van der Waals surface area contributed by atoms with E-state index in [0.29, 0.717) is 13.0 Å². The zero-order valence-corrected chi connectivity index (χ0v) is 13.7. The fourth-order valence-electron chi connectivity index (χ4n) is 2.19. The van der Waals surface area contributed by atoms with Crippen molar-refractivity contribution < 1.29 is 13.2 Å². The summed E-state index contributed by atoms with van der Waals surface area (Å²) in [4.78, 5) is 11.8. The summed E-state index contributed by atoms with van der Waals surface area (Å²) in [5.74, 6) is 0. The van der Waals surface area contributed by atoms with Crippen LogP contribution in [-0.4, -0.2) is 21.0 Å². The molecule has 21 heavy (non-hydrogen) atoms. The average molecular weight is 312 g/mol. The van der Waals surface area contributed by atoms with Gasteiger partial charge in [0.1, 0.15) is 0 Å². The third kappa shape index (κ3) is 4.74. The molecule has 0 spiro atoms. The van der Waals surface area contributed by atoms with Crippen LogP contribution in [-0.2, 0) is 22.9 Å². The monoisotopic (exact) mass is 312 g/mol. The molecule has 0 heterocycles. The van der Waals surface area contributed by atoms with Gasteiger partial charge in [-0.1, -0.05) is 39.3 Å². The molecule has 0 atom stereocenters. The number of benzene rings is 1. The number of hydrogen-bond acceptors (Lipinski definition) is 3. The fraction of sp³-hybridized carbons (Fsp3) is 0.533. The number of nitrogens with one attached hydrogen (secondary N) is 2. The van der Waals surface area contributed by atoms with Gasteiger partial charge in [0, 0.05) is 6.54 Å². The summed E-state index contributed by atoms with van der Waals surface area (Å²) < 4.78 is 26.8. The van der Waals surface area contributed by atoms with Crippen molar-refractivity contribution in [3.63, 3.8) is 0 Å². The van der Waals surface area contributed by atoms with Gasteiger partial charge in [-0.15, -0.1) is 0 Å². The normalized spacial score (nSPS) is 11.2. The maximum absolute atomic E-state index is 12.4. The predicted octanol–water partition coefficient (Wildman–Crippen LogP) is 2.60. The standard InChI is InChI=1S/C15H24N2O3S/c1-4-7-11-16-15(18)17-21(19,20)14-10-8-9-12(5-2)13(14)6-3/h8-10H,4-7,11H2,1-3H3,(H2,16,17,18). The van der Waals surface area contributed by atoms with E-state index >= 15 is 0 Å². The molecule has 0 saturated heterocycles. The van der Waals surface area contributed by atoms with Gasteiger partial charge < -0.3 is 5.32 Å². The molecule has 118 valence electrons. The summed E-state index contributed by atoms with van der Waals surface area (Å²) in [6.45, 7) is 6.36. The Morgan fingerprint density at radius 1 is 1.14 bits per heavy atom. The van der Waals surface area contributed by atoms with Gasteiger partial charge in [0.25, 0.3) is 10.0 Å². The molecule has 0 bridgehead atoms. The topological polar surface area (TPSA) is 75.3 Å². The molecule has 1 aromatic carbocycles. The molecule has 0 saturated carbocycles. The first kappa shape index (κ1) is 17.5. The third-order valence-corrected chi connectivity index (χ3v) is 4.71. The largest absolute Gasteiger partial charge is 0.337 e. The van der Waals surface area contributed by atoms with Gasteiger partial charge in [-0.25, -0.2) is 17.9 Å². The van der Waals surface area contributed by atoms with Gasteiger partial charge in [0.15, 0.2) is 0 Å². The fourth-order valence-corrected chi connectivity index (χ4v) is 3.47. The highest BCUT2D eigenvalue weighted by Gasteiger charge is 2.21. The molecular weight excluding hydrogens is 288 g/mol. The number of sulfonamides is 1. The second-order valence-corrected chi connectivity index (χ2v) is 6.47. The number of hydrogen-bond donors (Lipinski definition) is 2. The van der Waals surface area contributed by atoms with Crippen LogP contribution in [0.5, 0.6) is 0 Å². The molecule has 0 radical (unpaired) electrons. The minimum Gasteiger partial charge on any atom is -0.337 e. The van der Waals surface area contributed by atoms with E-state index in [-0.39, 0.29) is 4.90 Å². The summed E-state index contributed by atoms with van der Waals surface area (Å²) >= 11 is 0. The van der Waals surface area contributed by atoms with Crippen LogP contribution in [0.3, 0.4) is 0 Å². The van der Waals surface area contributed by atoms with E-state index in [9.17, 15) is 13.2 Å². The van der Waals surface area contributed by atoms with E-state index in [2.05, 4.69) is 10.0 Å². The van der Waals surface area contributed by atoms with Crippen LogP contribution in [0, 0.1) is 0 Å². The second kappa shape index (κ2) is 8.02. The quantitative estimate of drug-likeness (QED) is 0.760. The van der Waals surface area contributed by atoms with Gasteiger partial charge in [0.2, 0.25) is 0 Å². The summed E-state index contributed by atoms with van der Waals surface area (Å²) in [6, 6.07) is 4.49. The number of amides is 2. The number of rotatable bonds is 7. The minimum atomic E-state index is -3.83. The zero-order valence-electron chi connectivity index (χ0n) is 12.9. The Bertz CT molecular complexity index is 583. The molecule has 0 aromatic heterocycles. The maximum atomic E-state index is 12.4. The predicted molar refractivity (Wildman–Crippen MR) is 83.8 cm³/mol. The lowest BCUT2D eigenvalue weighted by atomic mass is 10.0. The molecule has 0 aliphatic rings. The maximum Gasteiger partial charge on any atom is 0.328 e. The number of urea groups is 1. The molecule has 2 N–H and O–H groups in total. The first-order valence-electron chi connectivity index (χ1n) is 7.37. The summed E-state index contributed by atoms with van der Waals surface area (Å²) in [5, 5.41) is 2.55. The van der Waals surface area contributed by atoms with Crippen LogP contribution in [0.25, 0.3) is 0 Å². The van der Waals surface area contributed by atoms with E-state index in [1.54, 1.807) is 12.1 Å². The average Bonchev–Trinajstić information content (AvgIpc) is 2.46. The van der Waals surface area contributed by atoms with Crippen molar-refractivity contribution in [1.82, 2.24) is 10.0 Å². The number of carbonyl (C=O) groups is 1. The van der Waals surface area contributed by atoms with Gasteiger partial charge in [0.05, 0.1) is 4.90 Å². The Morgan fingerprint density at radius 3 is 2.43 bits per heavy atom. The van der Waals surface area contributed by atoms with Crippen molar-refractivity contribution in [2.24, 2.45) is 0 Å². The lowest BCUT2D eigenvalue weighted by Gasteiger charge is -2.14. The summed E-state index contributed by atoms with van der Waals surface area (Å²) in [7, 11) is -3.83. The van der Waals surface area contributed by atoms with E-state index in [4.69, 9.17) is 0 Å². The van der Waals surface area contributed by atoms with Gasteiger partial charge in [-0.3, -0.25) is 0 Å². The van der Waals surface area contributed by atoms with Crippen LogP contribution < -0.4 is 10.0 Å². The molecule has 0 unspecified atom stereocenters. The summed E-state index contributed by atoms with van der Waals surface area (Å²) in [6.07, 6.45) is 3.12. The van der Waals surface area contributed by atoms with Crippen LogP contribution in [0.1, 0.15) is 44.7 Å². The Kier molecular flexibility index (Phi) is 6.68. The van der Waals surface area contributed by atoms with Crippen molar-refractivity contribution in [3.05, 3.63) is 29.3 Å². The van der Waals surface area contributed by atoms with Crippen molar-refractivity contribution in [1.29, 1.82) is 0 Å². The molecule has 0 aliphatic carbocycles. The molecule has 6 heteroatoms. The van der Waals surface area contributed by atoms with E-state index in [1.165, 1.54) is 0 Å². The highest BCUT2D eigenvalue weighted by atomic mass is 32.2. The number of aryl methyl sites for hydroxylation is 1. The molecule has 5 nitrogen and oxygen atoms in total. The Balaban J connectivity index is 2.95. The zero-order chi connectivity index (χ0) is 15.9. The van der Waals surface area contributed by atoms with Crippen molar-refractivity contribution in [2.75, 3.05) is 6.54 Å². The molecule has 0 fully saturated rings. The molecular formula is C15H24N2O3S. The Hall–Kier alpha value is -1.56. The van der Waals surface area contributed by atoms with Crippen LogP contribution in [0.15, 0.2) is 23.1 Å². The first-order valence-corrected chi connectivity index (χ1v) is 8.85. The Labute approximate surface area is 127 Å². The van der Waals surface area contributed by atoms with Crippen molar-refractivity contribution >= 4 is 16.1 Å². The lowest BCUT2D eigenvalue weighted by molar-refractivity contribution is 0.245. The second-order valence-electron chi connectivity index (χ2n) is 4.82. The van der Waals surface area contributed by atoms with Crippen LogP contribution >= 0.6 is 0 Å². The van der Waals surface area contributed by atoms with E-state index in [1.807, 2.05) is 26.8 Å². The third-order valence-electron chi connectivity index (χ3n) is 3.30. The van der Waals surface area contributed by atoms with Gasteiger partial charge >= 0.3 is 6.03 Å². The molecule has 2 amide bonds. The van der Waals surface area contributed by atoms with Crippen LogP contribution in [0.2, 0.25) is 0 Å². The van der Waals surface area contributed by atoms with E-state index < -0.39 is 16.1 Å². The smallest absolute Gasteiger partial charge is 0.328 e. The van der Waals surface area contributed by atoms with Crippen LogP contribution in [0.4, 0.5) is 4.79 Å². The van der Waals surface area contributed by atoms with E-state index in [0.717, 1.165) is 30.4 Å². The molecule has 1 aromatic rings. The summed E-state index contributed by atoms with van der Waals surface area (Å²) in [5.41, 5.74) is 1.76. The van der Waals surface area contributed by atoms with Crippen molar-refractivity contribution in [3.8, 4) is 0 Å². The van der Waals surface area contributed by atoms with Crippen molar-refractivity contribution in [2.45, 2.75) is 51.3 Å². The Morgan fingerprint density at radius 2 is 1.86 bits per heavy atom. The molecule has 1 rings (SSSR count). The lowest BCUT2D eigenvalue weighted by Crippen LogP contribution is -2.40. The highest BCUT2D eigenvalue weighted by Crippen LogP contribution is 2.21. The minimum absolute atomic E-state index is 0.190. The first-order chi connectivity index (χ1) is 9.96.